The Hall–Kier alpha value is -1.14. The summed E-state index contributed by atoms with van der Waals surface area (Å²) in [5, 5.41) is 49.2. The fraction of sp³-hybridized carbons (Fsp3) is 0.900. The van der Waals surface area contributed by atoms with Crippen molar-refractivity contribution in [3.8, 4) is 0 Å². The second-order valence-electron chi connectivity index (χ2n) is 7.45. The largest absolute Gasteiger partial charge is 0.387 e. The van der Waals surface area contributed by atoms with Gasteiger partial charge < -0.3 is 41.1 Å². The van der Waals surface area contributed by atoms with E-state index in [-0.39, 0.29) is 19.4 Å². The molecule has 30 heavy (non-hydrogen) atoms. The second kappa shape index (κ2) is 14.8. The third kappa shape index (κ3) is 8.54. The zero-order chi connectivity index (χ0) is 23.3. The smallest absolute Gasteiger partial charge is 0.251 e. The third-order valence-electron chi connectivity index (χ3n) is 5.52. The second-order valence-corrected chi connectivity index (χ2v) is 7.45. The van der Waals surface area contributed by atoms with Crippen molar-refractivity contribution < 1.29 is 34.8 Å². The van der Waals surface area contributed by atoms with Gasteiger partial charge in [0.05, 0.1) is 0 Å². The van der Waals surface area contributed by atoms with E-state index in [1.807, 2.05) is 0 Å². The Morgan fingerprint density at radius 1 is 0.900 bits per heavy atom. The summed E-state index contributed by atoms with van der Waals surface area (Å²) in [5.41, 5.74) is -1.32. The van der Waals surface area contributed by atoms with E-state index in [4.69, 9.17) is 4.74 Å². The predicted molar refractivity (Wildman–Crippen MR) is 113 cm³/mol. The molecule has 10 nitrogen and oxygen atoms in total. The van der Waals surface area contributed by atoms with Gasteiger partial charge in [0.1, 0.15) is 23.9 Å². The molecule has 0 saturated carbocycles. The number of hydrogen-bond donors (Lipinski definition) is 7. The van der Waals surface area contributed by atoms with Crippen LogP contribution in [0.3, 0.4) is 0 Å². The van der Waals surface area contributed by atoms with Crippen LogP contribution in [-0.4, -0.2) is 101 Å². The van der Waals surface area contributed by atoms with Crippen LogP contribution < -0.4 is 16.0 Å². The van der Waals surface area contributed by atoms with Gasteiger partial charge in [0.2, 0.25) is 0 Å². The van der Waals surface area contributed by atoms with Crippen LogP contribution in [0.5, 0.6) is 0 Å². The summed E-state index contributed by atoms with van der Waals surface area (Å²) in [7, 11) is 1.32. The molecule has 0 spiro atoms. The molecule has 7 N–H and O–H groups in total. The van der Waals surface area contributed by atoms with Crippen LogP contribution in [-0.2, 0) is 14.3 Å². The zero-order valence-electron chi connectivity index (χ0n) is 18.9. The Balaban J connectivity index is 4.50. The number of rotatable bonds is 17. The van der Waals surface area contributed by atoms with Crippen molar-refractivity contribution in [2.24, 2.45) is 0 Å². The molecule has 0 aliphatic rings. The minimum atomic E-state index is -2.05. The van der Waals surface area contributed by atoms with Crippen LogP contribution in [0.1, 0.15) is 47.0 Å². The fourth-order valence-corrected chi connectivity index (χ4v) is 3.00. The SMILES string of the molecule is CC[C@@H](C)NCCNCCNC(=O)[C@H](O)[C@@H](O)[C@H](O)[C@H](O)C(=O)C(CC)(CC)OC. The number of carbonyl (C=O) groups is 2. The molecule has 0 bridgehead atoms. The molecule has 0 aromatic rings. The summed E-state index contributed by atoms with van der Waals surface area (Å²) in [4.78, 5) is 24.5. The van der Waals surface area contributed by atoms with Gasteiger partial charge in [-0.05, 0) is 26.2 Å². The lowest BCUT2D eigenvalue weighted by atomic mass is 9.85. The first-order valence-electron chi connectivity index (χ1n) is 10.6. The van der Waals surface area contributed by atoms with Crippen LogP contribution >= 0.6 is 0 Å². The van der Waals surface area contributed by atoms with Crippen molar-refractivity contribution >= 4 is 11.7 Å². The Bertz CT molecular complexity index is 495. The highest BCUT2D eigenvalue weighted by atomic mass is 16.5. The first kappa shape index (κ1) is 28.9. The quantitative estimate of drug-likeness (QED) is 0.132. The lowest BCUT2D eigenvalue weighted by Crippen LogP contribution is -2.57. The number of aliphatic hydroxyl groups is 4. The molecule has 0 heterocycles. The van der Waals surface area contributed by atoms with Gasteiger partial charge in [-0.2, -0.15) is 0 Å². The van der Waals surface area contributed by atoms with Crippen molar-refractivity contribution in [1.29, 1.82) is 0 Å². The highest BCUT2D eigenvalue weighted by Crippen LogP contribution is 2.24. The lowest BCUT2D eigenvalue weighted by molar-refractivity contribution is -0.168. The summed E-state index contributed by atoms with van der Waals surface area (Å²) in [6.07, 6.45) is -6.57. The van der Waals surface area contributed by atoms with Crippen molar-refractivity contribution in [1.82, 2.24) is 16.0 Å². The Kier molecular flexibility index (Phi) is 14.2. The van der Waals surface area contributed by atoms with Crippen molar-refractivity contribution in [2.75, 3.05) is 33.3 Å². The molecule has 0 saturated heterocycles. The van der Waals surface area contributed by atoms with Crippen LogP contribution in [0.4, 0.5) is 0 Å². The Morgan fingerprint density at radius 3 is 1.93 bits per heavy atom. The fourth-order valence-electron chi connectivity index (χ4n) is 3.00. The van der Waals surface area contributed by atoms with Crippen LogP contribution in [0.2, 0.25) is 0 Å². The van der Waals surface area contributed by atoms with E-state index in [1.165, 1.54) is 7.11 Å². The standard InChI is InChI=1S/C20H41N3O7/c1-6-13(4)22-11-9-21-10-12-23-19(29)17(27)15(25)14(24)16(26)18(28)20(7-2,8-3)30-5/h13-17,21-22,24-27H,6-12H2,1-5H3,(H,23,29)/t13-,14+,15+,16+,17-/m1/s1. The molecule has 0 radical (unpaired) electrons. The number of aliphatic hydroxyl groups excluding tert-OH is 4. The van der Waals surface area contributed by atoms with Gasteiger partial charge in [0.25, 0.3) is 5.91 Å². The molecule has 0 fully saturated rings. The van der Waals surface area contributed by atoms with Gasteiger partial charge in [0, 0.05) is 39.3 Å². The van der Waals surface area contributed by atoms with Gasteiger partial charge in [-0.25, -0.2) is 0 Å². The number of hydrogen-bond acceptors (Lipinski definition) is 9. The van der Waals surface area contributed by atoms with E-state index in [1.54, 1.807) is 13.8 Å². The molecule has 1 amide bonds. The number of amides is 1. The maximum atomic E-state index is 12.5. The maximum absolute atomic E-state index is 12.5. The van der Waals surface area contributed by atoms with E-state index >= 15 is 0 Å². The molecule has 0 aliphatic carbocycles. The Morgan fingerprint density at radius 2 is 1.43 bits per heavy atom. The number of carbonyl (C=O) groups excluding carboxylic acids is 2. The van der Waals surface area contributed by atoms with E-state index in [9.17, 15) is 30.0 Å². The molecule has 5 atom stereocenters. The first-order chi connectivity index (χ1) is 14.1. The molecule has 0 aliphatic heterocycles. The number of methoxy groups -OCH3 is 1. The summed E-state index contributed by atoms with van der Waals surface area (Å²) in [6, 6.07) is 0.431. The highest BCUT2D eigenvalue weighted by Gasteiger charge is 2.45. The van der Waals surface area contributed by atoms with E-state index < -0.39 is 41.7 Å². The third-order valence-corrected chi connectivity index (χ3v) is 5.52. The average molecular weight is 436 g/mol. The minimum Gasteiger partial charge on any atom is -0.387 e. The number of nitrogens with one attached hydrogen (secondary N) is 3. The van der Waals surface area contributed by atoms with Gasteiger partial charge in [0.15, 0.2) is 11.9 Å². The minimum absolute atomic E-state index is 0.196. The van der Waals surface area contributed by atoms with Crippen molar-refractivity contribution in [3.05, 3.63) is 0 Å². The van der Waals surface area contributed by atoms with E-state index in [2.05, 4.69) is 29.8 Å². The van der Waals surface area contributed by atoms with Crippen molar-refractivity contribution in [2.45, 2.75) is 83.0 Å². The van der Waals surface area contributed by atoms with Crippen LogP contribution in [0.25, 0.3) is 0 Å². The summed E-state index contributed by atoms with van der Waals surface area (Å²) >= 11 is 0. The number of Topliss-reactive ketones (excluding diaryl/α,β-unsaturated/α-hetero) is 1. The highest BCUT2D eigenvalue weighted by molar-refractivity contribution is 5.91. The molecule has 10 heteroatoms. The summed E-state index contributed by atoms with van der Waals surface area (Å²) < 4.78 is 5.21. The lowest BCUT2D eigenvalue weighted by Gasteiger charge is -2.33. The summed E-state index contributed by atoms with van der Waals surface area (Å²) in [6.45, 7) is 9.69. The molecule has 0 rings (SSSR count). The van der Waals surface area contributed by atoms with Gasteiger partial charge >= 0.3 is 0 Å². The van der Waals surface area contributed by atoms with E-state index in [0.717, 1.165) is 13.0 Å². The molecule has 0 aromatic heterocycles. The molecular weight excluding hydrogens is 394 g/mol. The average Bonchev–Trinajstić information content (AvgIpc) is 2.77. The van der Waals surface area contributed by atoms with Gasteiger partial charge in [-0.1, -0.05) is 20.8 Å². The van der Waals surface area contributed by atoms with Crippen molar-refractivity contribution in [3.63, 3.8) is 0 Å². The van der Waals surface area contributed by atoms with Crippen LogP contribution in [0, 0.1) is 0 Å². The number of ether oxygens (including phenoxy) is 1. The molecular formula is C20H41N3O7. The topological polar surface area (TPSA) is 160 Å². The molecule has 0 unspecified atom stereocenters. The number of ketones is 1. The Labute approximate surface area is 179 Å². The zero-order valence-corrected chi connectivity index (χ0v) is 18.9. The molecule has 0 aromatic carbocycles. The normalized spacial score (nSPS) is 17.1. The predicted octanol–water partition coefficient (Wildman–Crippen LogP) is -1.70. The summed E-state index contributed by atoms with van der Waals surface area (Å²) in [5.74, 6) is -1.73. The van der Waals surface area contributed by atoms with Crippen LogP contribution in [0.15, 0.2) is 0 Å². The van der Waals surface area contributed by atoms with E-state index in [0.29, 0.717) is 19.1 Å². The first-order valence-corrected chi connectivity index (χ1v) is 10.6. The van der Waals surface area contributed by atoms with Gasteiger partial charge in [-0.3, -0.25) is 9.59 Å². The monoisotopic (exact) mass is 435 g/mol. The van der Waals surface area contributed by atoms with Gasteiger partial charge in [-0.15, -0.1) is 0 Å². The maximum Gasteiger partial charge on any atom is 0.251 e. The molecule has 178 valence electrons.